The van der Waals surface area contributed by atoms with Gasteiger partial charge in [-0.2, -0.15) is 0 Å². The van der Waals surface area contributed by atoms with Crippen LogP contribution in [-0.2, 0) is 10.0 Å². The van der Waals surface area contributed by atoms with Crippen LogP contribution in [0.1, 0.15) is 22.3 Å². The molecule has 0 aliphatic heterocycles. The van der Waals surface area contributed by atoms with E-state index in [0.29, 0.717) is 22.4 Å². The SMILES string of the molecule is Cc1cc(C)c(S(=O)(=O)Nc2cc(C)c(O)c(Cl)c2)c(C)c1. The van der Waals surface area contributed by atoms with Gasteiger partial charge in [-0.3, -0.25) is 4.72 Å². The van der Waals surface area contributed by atoms with E-state index in [1.54, 1.807) is 20.8 Å². The van der Waals surface area contributed by atoms with E-state index in [1.807, 2.05) is 19.1 Å². The number of aromatic hydroxyl groups is 1. The number of hydrogen-bond acceptors (Lipinski definition) is 3. The minimum atomic E-state index is -3.73. The largest absolute Gasteiger partial charge is 0.506 e. The first-order chi connectivity index (χ1) is 10.1. The Morgan fingerprint density at radius 3 is 2.00 bits per heavy atom. The average Bonchev–Trinajstić information content (AvgIpc) is 2.33. The lowest BCUT2D eigenvalue weighted by Gasteiger charge is -2.15. The first kappa shape index (κ1) is 16.6. The molecule has 2 aromatic carbocycles. The van der Waals surface area contributed by atoms with Crippen LogP contribution < -0.4 is 4.72 Å². The van der Waals surface area contributed by atoms with Crippen molar-refractivity contribution in [2.45, 2.75) is 32.6 Å². The predicted molar refractivity (Wildman–Crippen MR) is 89.3 cm³/mol. The lowest BCUT2D eigenvalue weighted by Crippen LogP contribution is -2.16. The molecule has 0 amide bonds. The second-order valence-electron chi connectivity index (χ2n) is 5.46. The highest BCUT2D eigenvalue weighted by Crippen LogP contribution is 2.32. The number of benzene rings is 2. The topological polar surface area (TPSA) is 66.4 Å². The van der Waals surface area contributed by atoms with E-state index in [-0.39, 0.29) is 15.7 Å². The van der Waals surface area contributed by atoms with Crippen molar-refractivity contribution in [2.24, 2.45) is 0 Å². The van der Waals surface area contributed by atoms with Crippen molar-refractivity contribution in [3.63, 3.8) is 0 Å². The fourth-order valence-corrected chi connectivity index (χ4v) is 4.35. The van der Waals surface area contributed by atoms with Gasteiger partial charge in [-0.15, -0.1) is 0 Å². The number of nitrogens with one attached hydrogen (secondary N) is 1. The Kier molecular flexibility index (Phi) is 4.40. The van der Waals surface area contributed by atoms with Crippen LogP contribution in [0.5, 0.6) is 5.75 Å². The van der Waals surface area contributed by atoms with Crippen molar-refractivity contribution < 1.29 is 13.5 Å². The fraction of sp³-hybridized carbons (Fsp3) is 0.250. The summed E-state index contributed by atoms with van der Waals surface area (Å²) >= 11 is 5.89. The van der Waals surface area contributed by atoms with Crippen LogP contribution in [0, 0.1) is 27.7 Å². The first-order valence-electron chi connectivity index (χ1n) is 6.71. The monoisotopic (exact) mass is 339 g/mol. The molecule has 0 saturated carbocycles. The van der Waals surface area contributed by atoms with Crippen molar-refractivity contribution in [3.8, 4) is 5.75 Å². The maximum absolute atomic E-state index is 12.6. The lowest BCUT2D eigenvalue weighted by molar-refractivity contribution is 0.471. The van der Waals surface area contributed by atoms with Crippen LogP contribution in [0.15, 0.2) is 29.2 Å². The van der Waals surface area contributed by atoms with E-state index in [4.69, 9.17) is 11.6 Å². The number of phenols is 1. The zero-order valence-electron chi connectivity index (χ0n) is 12.9. The standard InChI is InChI=1S/C16H18ClNO3S/c1-9-5-11(3)16(12(4)6-9)22(20,21)18-13-7-10(2)15(19)14(17)8-13/h5-8,18-19H,1-4H3. The van der Waals surface area contributed by atoms with Crippen LogP contribution in [0.2, 0.25) is 5.02 Å². The Bertz CT molecular complexity index is 798. The summed E-state index contributed by atoms with van der Waals surface area (Å²) in [6.07, 6.45) is 0. The molecule has 0 aliphatic rings. The summed E-state index contributed by atoms with van der Waals surface area (Å²) in [4.78, 5) is 0.264. The zero-order chi connectivity index (χ0) is 16.7. The molecule has 0 unspecified atom stereocenters. The summed E-state index contributed by atoms with van der Waals surface area (Å²) in [5.74, 6) is -0.0488. The van der Waals surface area contributed by atoms with Gasteiger partial charge in [0.25, 0.3) is 10.0 Å². The summed E-state index contributed by atoms with van der Waals surface area (Å²) in [7, 11) is -3.73. The average molecular weight is 340 g/mol. The zero-order valence-corrected chi connectivity index (χ0v) is 14.4. The summed E-state index contributed by atoms with van der Waals surface area (Å²) in [5, 5.41) is 9.76. The van der Waals surface area contributed by atoms with Crippen molar-refractivity contribution in [1.29, 1.82) is 0 Å². The molecule has 22 heavy (non-hydrogen) atoms. The molecule has 0 fully saturated rings. The summed E-state index contributed by atoms with van der Waals surface area (Å²) < 4.78 is 27.8. The maximum Gasteiger partial charge on any atom is 0.262 e. The molecule has 2 aromatic rings. The van der Waals surface area contributed by atoms with Crippen LogP contribution in [0.25, 0.3) is 0 Å². The molecule has 0 aliphatic carbocycles. The highest BCUT2D eigenvalue weighted by Gasteiger charge is 2.20. The van der Waals surface area contributed by atoms with Crippen molar-refractivity contribution in [3.05, 3.63) is 51.5 Å². The second kappa shape index (κ2) is 5.82. The molecule has 2 rings (SSSR count). The van der Waals surface area contributed by atoms with Crippen LogP contribution in [-0.4, -0.2) is 13.5 Å². The fourth-order valence-electron chi connectivity index (χ4n) is 2.59. The number of aryl methyl sites for hydroxylation is 4. The highest BCUT2D eigenvalue weighted by atomic mass is 35.5. The molecule has 2 N–H and O–H groups in total. The number of phenolic OH excluding ortho intramolecular Hbond substituents is 1. The number of halogens is 1. The number of hydrogen-bond donors (Lipinski definition) is 2. The van der Waals surface area contributed by atoms with Gasteiger partial charge in [0, 0.05) is 0 Å². The third kappa shape index (κ3) is 3.20. The third-order valence-corrected chi connectivity index (χ3v) is 5.35. The van der Waals surface area contributed by atoms with Crippen LogP contribution in [0.3, 0.4) is 0 Å². The minimum Gasteiger partial charge on any atom is -0.506 e. The second-order valence-corrected chi connectivity index (χ2v) is 7.48. The van der Waals surface area contributed by atoms with Gasteiger partial charge in [0.1, 0.15) is 5.75 Å². The molecule has 0 radical (unpaired) electrons. The molecule has 0 spiro atoms. The Hall–Kier alpha value is -1.72. The van der Waals surface area contributed by atoms with E-state index < -0.39 is 10.0 Å². The maximum atomic E-state index is 12.6. The smallest absolute Gasteiger partial charge is 0.262 e. The molecular formula is C16H18ClNO3S. The molecule has 0 saturated heterocycles. The number of sulfonamides is 1. The Balaban J connectivity index is 2.49. The van der Waals surface area contributed by atoms with E-state index in [2.05, 4.69) is 4.72 Å². The number of rotatable bonds is 3. The quantitative estimate of drug-likeness (QED) is 0.828. The molecule has 0 bridgehead atoms. The van der Waals surface area contributed by atoms with Crippen molar-refractivity contribution in [1.82, 2.24) is 0 Å². The number of anilines is 1. The summed E-state index contributed by atoms with van der Waals surface area (Å²) in [5.41, 5.74) is 3.21. The normalized spacial score (nSPS) is 11.5. The van der Waals surface area contributed by atoms with Gasteiger partial charge in [0.2, 0.25) is 0 Å². The molecule has 118 valence electrons. The molecular weight excluding hydrogens is 322 g/mol. The first-order valence-corrected chi connectivity index (χ1v) is 8.57. The van der Waals surface area contributed by atoms with E-state index in [0.717, 1.165) is 5.56 Å². The van der Waals surface area contributed by atoms with Gasteiger partial charge in [-0.05, 0) is 56.5 Å². The molecule has 0 atom stereocenters. The van der Waals surface area contributed by atoms with Gasteiger partial charge in [-0.1, -0.05) is 29.3 Å². The molecule has 6 heteroatoms. The Morgan fingerprint density at radius 1 is 0.955 bits per heavy atom. The van der Waals surface area contributed by atoms with E-state index in [9.17, 15) is 13.5 Å². The van der Waals surface area contributed by atoms with Crippen molar-refractivity contribution in [2.75, 3.05) is 4.72 Å². The molecule has 0 aromatic heterocycles. The van der Waals surface area contributed by atoms with Gasteiger partial charge in [-0.25, -0.2) is 8.42 Å². The van der Waals surface area contributed by atoms with E-state index in [1.165, 1.54) is 12.1 Å². The van der Waals surface area contributed by atoms with Crippen LogP contribution in [0.4, 0.5) is 5.69 Å². The van der Waals surface area contributed by atoms with Gasteiger partial charge in [0.05, 0.1) is 15.6 Å². The van der Waals surface area contributed by atoms with Gasteiger partial charge < -0.3 is 5.11 Å². The third-order valence-electron chi connectivity index (χ3n) is 3.38. The van der Waals surface area contributed by atoms with E-state index >= 15 is 0 Å². The highest BCUT2D eigenvalue weighted by molar-refractivity contribution is 7.92. The summed E-state index contributed by atoms with van der Waals surface area (Å²) in [6, 6.07) is 6.59. The van der Waals surface area contributed by atoms with Crippen LogP contribution >= 0.6 is 11.6 Å². The molecule has 0 heterocycles. The lowest BCUT2D eigenvalue weighted by atomic mass is 10.1. The van der Waals surface area contributed by atoms with Gasteiger partial charge in [0.15, 0.2) is 0 Å². The minimum absolute atomic E-state index is 0.0488. The van der Waals surface area contributed by atoms with Gasteiger partial charge >= 0.3 is 0 Å². The Labute approximate surface area is 135 Å². The van der Waals surface area contributed by atoms with Crippen molar-refractivity contribution >= 4 is 27.3 Å². The summed E-state index contributed by atoms with van der Waals surface area (Å²) in [6.45, 7) is 7.11. The molecule has 4 nitrogen and oxygen atoms in total. The Morgan fingerprint density at radius 2 is 1.50 bits per heavy atom. The predicted octanol–water partition coefficient (Wildman–Crippen LogP) is 4.08.